The Morgan fingerprint density at radius 2 is 1.62 bits per heavy atom. The first-order valence-electron chi connectivity index (χ1n) is 11.8. The minimum atomic E-state index is -1.05. The van der Waals surface area contributed by atoms with Gasteiger partial charge in [0.15, 0.2) is 0 Å². The van der Waals surface area contributed by atoms with E-state index in [0.29, 0.717) is 12.8 Å². The van der Waals surface area contributed by atoms with Crippen molar-refractivity contribution >= 4 is 29.5 Å². The van der Waals surface area contributed by atoms with E-state index in [0.717, 1.165) is 18.4 Å². The molecule has 1 fully saturated rings. The number of amides is 3. The third-order valence-electron chi connectivity index (χ3n) is 5.58. The maximum absolute atomic E-state index is 13.1. The number of rotatable bonds is 14. The molecule has 0 radical (unpaired) electrons. The predicted octanol–water partition coefficient (Wildman–Crippen LogP) is 1.44. The van der Waals surface area contributed by atoms with Gasteiger partial charge in [-0.1, -0.05) is 44.2 Å². The van der Waals surface area contributed by atoms with Crippen LogP contribution in [0.2, 0.25) is 0 Å². The molecule has 1 aromatic carbocycles. The summed E-state index contributed by atoms with van der Waals surface area (Å²) in [5, 5.41) is 8.09. The Balaban J connectivity index is 2.00. The average Bonchev–Trinajstić information content (AvgIpc) is 3.63. The van der Waals surface area contributed by atoms with Crippen LogP contribution in [-0.2, 0) is 35.1 Å². The Bertz CT molecular complexity index is 867. The van der Waals surface area contributed by atoms with E-state index in [-0.39, 0.29) is 43.1 Å². The van der Waals surface area contributed by atoms with Crippen LogP contribution in [0.15, 0.2) is 30.3 Å². The van der Waals surface area contributed by atoms with Crippen molar-refractivity contribution in [3.63, 3.8) is 0 Å². The van der Waals surface area contributed by atoms with Crippen molar-refractivity contribution in [2.75, 3.05) is 7.11 Å². The van der Waals surface area contributed by atoms with Crippen LogP contribution in [0.25, 0.3) is 0 Å². The van der Waals surface area contributed by atoms with E-state index in [2.05, 4.69) is 20.7 Å². The van der Waals surface area contributed by atoms with Crippen molar-refractivity contribution in [1.29, 1.82) is 0 Å². The lowest BCUT2D eigenvalue weighted by Gasteiger charge is -2.25. The Morgan fingerprint density at radius 3 is 2.21 bits per heavy atom. The molecule has 1 saturated carbocycles. The summed E-state index contributed by atoms with van der Waals surface area (Å²) in [6, 6.07) is 7.22. The molecule has 1 aliphatic carbocycles. The maximum atomic E-state index is 13.1. The number of Topliss-reactive ketones (excluding diaryl/α,β-unsaturated/α-hetero) is 1. The topological polar surface area (TPSA) is 131 Å². The third-order valence-corrected chi connectivity index (χ3v) is 5.58. The highest BCUT2D eigenvalue weighted by Gasteiger charge is 2.34. The highest BCUT2D eigenvalue weighted by atomic mass is 16.5. The molecule has 1 aromatic rings. The van der Waals surface area contributed by atoms with Crippen LogP contribution >= 0.6 is 0 Å². The molecule has 0 aliphatic heterocycles. The van der Waals surface area contributed by atoms with Gasteiger partial charge in [0.2, 0.25) is 17.6 Å². The summed E-state index contributed by atoms with van der Waals surface area (Å²) >= 11 is 0. The van der Waals surface area contributed by atoms with Crippen LogP contribution in [0.1, 0.15) is 57.9 Å². The van der Waals surface area contributed by atoms with Gasteiger partial charge < -0.3 is 20.7 Å². The number of benzene rings is 1. The summed E-state index contributed by atoms with van der Waals surface area (Å²) in [4.78, 5) is 61.9. The van der Waals surface area contributed by atoms with Crippen molar-refractivity contribution in [1.82, 2.24) is 16.0 Å². The number of ether oxygens (including phenoxy) is 1. The molecule has 3 amide bonds. The zero-order valence-corrected chi connectivity index (χ0v) is 20.1. The van der Waals surface area contributed by atoms with E-state index in [1.165, 1.54) is 7.11 Å². The van der Waals surface area contributed by atoms with E-state index in [9.17, 15) is 24.0 Å². The van der Waals surface area contributed by atoms with E-state index < -0.39 is 29.7 Å². The minimum absolute atomic E-state index is 0.0198. The summed E-state index contributed by atoms with van der Waals surface area (Å²) in [6.45, 7) is 3.57. The number of nitrogens with one attached hydrogen (secondary N) is 3. The molecule has 186 valence electrons. The number of carbonyl (C=O) groups excluding carboxylic acids is 5. The second kappa shape index (κ2) is 13.5. The fourth-order valence-corrected chi connectivity index (χ4v) is 3.40. The predicted molar refractivity (Wildman–Crippen MR) is 126 cm³/mol. The van der Waals surface area contributed by atoms with E-state index in [1.54, 1.807) is 13.8 Å². The number of esters is 1. The normalized spacial score (nSPS) is 14.6. The Hall–Kier alpha value is -3.23. The first kappa shape index (κ1) is 27.0. The lowest BCUT2D eigenvalue weighted by molar-refractivity contribution is -0.140. The van der Waals surface area contributed by atoms with Gasteiger partial charge in [0, 0.05) is 25.3 Å². The molecule has 2 unspecified atom stereocenters. The first-order valence-corrected chi connectivity index (χ1v) is 11.8. The second-order valence-corrected chi connectivity index (χ2v) is 8.94. The molecule has 34 heavy (non-hydrogen) atoms. The fourth-order valence-electron chi connectivity index (χ4n) is 3.40. The van der Waals surface area contributed by atoms with Crippen LogP contribution in [0.5, 0.6) is 0 Å². The minimum Gasteiger partial charge on any atom is -0.469 e. The van der Waals surface area contributed by atoms with Gasteiger partial charge in [0.25, 0.3) is 5.91 Å². The Kier molecular flexibility index (Phi) is 10.7. The molecule has 2 atom stereocenters. The summed E-state index contributed by atoms with van der Waals surface area (Å²) in [5.41, 5.74) is 0.802. The molecule has 1 aliphatic rings. The molecule has 2 rings (SSSR count). The van der Waals surface area contributed by atoms with Crippen LogP contribution in [0.3, 0.4) is 0 Å². The quantitative estimate of drug-likeness (QED) is 0.213. The number of ketones is 1. The van der Waals surface area contributed by atoms with Gasteiger partial charge >= 0.3 is 5.97 Å². The monoisotopic (exact) mass is 473 g/mol. The molecule has 9 nitrogen and oxygen atoms in total. The number of carbonyl (C=O) groups is 5. The van der Waals surface area contributed by atoms with Crippen molar-refractivity contribution in [2.24, 2.45) is 5.92 Å². The van der Waals surface area contributed by atoms with Crippen molar-refractivity contribution < 1.29 is 28.7 Å². The van der Waals surface area contributed by atoms with Crippen LogP contribution in [0.4, 0.5) is 0 Å². The van der Waals surface area contributed by atoms with Gasteiger partial charge in [-0.2, -0.15) is 0 Å². The zero-order valence-electron chi connectivity index (χ0n) is 20.1. The molecule has 9 heteroatoms. The molecule has 3 N–H and O–H groups in total. The van der Waals surface area contributed by atoms with Gasteiger partial charge in [-0.15, -0.1) is 0 Å². The van der Waals surface area contributed by atoms with Crippen molar-refractivity contribution in [3.8, 4) is 0 Å². The third kappa shape index (κ3) is 9.33. The molecule has 0 aromatic heterocycles. The summed E-state index contributed by atoms with van der Waals surface area (Å²) < 4.78 is 4.58. The van der Waals surface area contributed by atoms with Gasteiger partial charge in [-0.25, -0.2) is 0 Å². The SMILES string of the molecule is COC(=O)CCCCC(=O)NC(C(=O)NC(Cc1ccccc1)C(=O)C(=O)NC1CC1)C(C)C. The lowest BCUT2D eigenvalue weighted by atomic mass is 9.99. The Labute approximate surface area is 200 Å². The zero-order chi connectivity index (χ0) is 25.1. The highest BCUT2D eigenvalue weighted by Crippen LogP contribution is 2.18. The summed E-state index contributed by atoms with van der Waals surface area (Å²) in [5.74, 6) is -2.84. The van der Waals surface area contributed by atoms with Crippen LogP contribution in [0, 0.1) is 5.92 Å². The number of methoxy groups -OCH3 is 1. The maximum Gasteiger partial charge on any atom is 0.305 e. The van der Waals surface area contributed by atoms with Gasteiger partial charge in [0.05, 0.1) is 7.11 Å². The average molecular weight is 474 g/mol. The summed E-state index contributed by atoms with van der Waals surface area (Å²) in [7, 11) is 1.31. The number of unbranched alkanes of at least 4 members (excludes halogenated alkanes) is 1. The van der Waals surface area contributed by atoms with Gasteiger partial charge in [-0.05, 0) is 37.2 Å². The lowest BCUT2D eigenvalue weighted by Crippen LogP contribution is -2.56. The standard InChI is InChI=1S/C25H35N3O6/c1-16(2)22(28-20(29)11-7-8-12-21(30)34-3)24(32)27-19(15-17-9-5-4-6-10-17)23(31)25(33)26-18-13-14-18/h4-6,9-10,16,18-19,22H,7-8,11-15H2,1-3H3,(H,26,33)(H,27,32)(H,28,29). The van der Waals surface area contributed by atoms with Crippen LogP contribution in [-0.4, -0.2) is 54.7 Å². The van der Waals surface area contributed by atoms with Crippen molar-refractivity contribution in [3.05, 3.63) is 35.9 Å². The largest absolute Gasteiger partial charge is 0.469 e. The van der Waals surface area contributed by atoms with Crippen molar-refractivity contribution in [2.45, 2.75) is 76.9 Å². The molecular weight excluding hydrogens is 438 g/mol. The van der Waals surface area contributed by atoms with Gasteiger partial charge in [0.1, 0.15) is 12.1 Å². The molecule has 0 bridgehead atoms. The van der Waals surface area contributed by atoms with Crippen LogP contribution < -0.4 is 16.0 Å². The van der Waals surface area contributed by atoms with Gasteiger partial charge in [-0.3, -0.25) is 24.0 Å². The second-order valence-electron chi connectivity index (χ2n) is 8.94. The Morgan fingerprint density at radius 1 is 0.971 bits per heavy atom. The first-order chi connectivity index (χ1) is 16.2. The van der Waals surface area contributed by atoms with E-state index >= 15 is 0 Å². The molecular formula is C25H35N3O6. The fraction of sp³-hybridized carbons (Fsp3) is 0.560. The van der Waals surface area contributed by atoms with E-state index in [1.807, 2.05) is 30.3 Å². The smallest absolute Gasteiger partial charge is 0.305 e. The van der Waals surface area contributed by atoms with E-state index in [4.69, 9.17) is 0 Å². The number of hydrogen-bond acceptors (Lipinski definition) is 6. The molecule has 0 saturated heterocycles. The summed E-state index contributed by atoms with van der Waals surface area (Å²) in [6.07, 6.45) is 3.21. The highest BCUT2D eigenvalue weighted by molar-refractivity contribution is 6.38. The molecule has 0 spiro atoms. The number of hydrogen-bond donors (Lipinski definition) is 3. The molecule has 0 heterocycles.